The van der Waals surface area contributed by atoms with Gasteiger partial charge < -0.3 is 4.74 Å². The van der Waals surface area contributed by atoms with Crippen molar-refractivity contribution in [2.75, 3.05) is 0 Å². The summed E-state index contributed by atoms with van der Waals surface area (Å²) in [5.74, 6) is -0.194. The highest BCUT2D eigenvalue weighted by molar-refractivity contribution is 5.87. The summed E-state index contributed by atoms with van der Waals surface area (Å²) in [6.07, 6.45) is 25.2. The van der Waals surface area contributed by atoms with E-state index in [1.165, 1.54) is 103 Å². The second kappa shape index (κ2) is 20.3. The van der Waals surface area contributed by atoms with Gasteiger partial charge >= 0.3 is 5.97 Å². The fourth-order valence-electron chi connectivity index (χ4n) is 3.93. The summed E-state index contributed by atoms with van der Waals surface area (Å²) < 4.78 is 5.37. The zero-order chi connectivity index (χ0) is 22.4. The molecule has 0 saturated heterocycles. The van der Waals surface area contributed by atoms with Gasteiger partial charge in [0.25, 0.3) is 0 Å². The number of carbonyl (C=O) groups excluding carboxylic acids is 1. The van der Waals surface area contributed by atoms with Gasteiger partial charge in [0, 0.05) is 5.57 Å². The Labute approximate surface area is 192 Å². The van der Waals surface area contributed by atoms with Gasteiger partial charge in [0.1, 0.15) is 6.61 Å². The highest BCUT2D eigenvalue weighted by Gasteiger charge is 2.05. The Morgan fingerprint density at radius 1 is 0.710 bits per heavy atom. The molecule has 0 aliphatic heterocycles. The number of benzene rings is 1. The molecule has 0 aromatic heterocycles. The number of rotatable bonds is 20. The number of hydrogen-bond acceptors (Lipinski definition) is 2. The molecule has 31 heavy (non-hydrogen) atoms. The Hall–Kier alpha value is -1.57. The van der Waals surface area contributed by atoms with E-state index in [9.17, 15) is 4.79 Å². The van der Waals surface area contributed by atoms with Gasteiger partial charge in [0.2, 0.25) is 0 Å². The van der Waals surface area contributed by atoms with Crippen molar-refractivity contribution in [3.63, 3.8) is 0 Å². The SMILES string of the molecule is CCCCCCCCCCCCCCCCCCC=C(C)C(=O)OCc1ccccc1. The van der Waals surface area contributed by atoms with Gasteiger partial charge in [0.05, 0.1) is 0 Å². The molecule has 1 aromatic carbocycles. The highest BCUT2D eigenvalue weighted by Crippen LogP contribution is 2.14. The number of allylic oxidation sites excluding steroid dienone is 1. The lowest BCUT2D eigenvalue weighted by Gasteiger charge is -2.05. The number of esters is 1. The fraction of sp³-hybridized carbons (Fsp3) is 0.690. The third-order valence-corrected chi connectivity index (χ3v) is 6.04. The Bertz CT molecular complexity index is 561. The molecule has 0 unspecified atom stereocenters. The normalized spacial score (nSPS) is 11.6. The monoisotopic (exact) mass is 428 g/mol. The molecule has 0 bridgehead atoms. The minimum absolute atomic E-state index is 0.194. The van der Waals surface area contributed by atoms with Gasteiger partial charge in [-0.2, -0.15) is 0 Å². The van der Waals surface area contributed by atoms with E-state index in [2.05, 4.69) is 6.92 Å². The van der Waals surface area contributed by atoms with E-state index in [-0.39, 0.29) is 5.97 Å². The topological polar surface area (TPSA) is 26.3 Å². The van der Waals surface area contributed by atoms with Crippen molar-refractivity contribution < 1.29 is 9.53 Å². The number of hydrogen-bond donors (Lipinski definition) is 0. The molecule has 0 atom stereocenters. The molecule has 176 valence electrons. The third kappa shape index (κ3) is 16.8. The number of unbranched alkanes of at least 4 members (excludes halogenated alkanes) is 16. The Morgan fingerprint density at radius 3 is 1.65 bits per heavy atom. The van der Waals surface area contributed by atoms with Gasteiger partial charge in [-0.15, -0.1) is 0 Å². The summed E-state index contributed by atoms with van der Waals surface area (Å²) in [7, 11) is 0. The van der Waals surface area contributed by atoms with E-state index >= 15 is 0 Å². The summed E-state index contributed by atoms with van der Waals surface area (Å²) in [5.41, 5.74) is 1.76. The zero-order valence-electron chi connectivity index (χ0n) is 20.5. The summed E-state index contributed by atoms with van der Waals surface area (Å²) in [4.78, 5) is 12.0. The van der Waals surface area contributed by atoms with E-state index in [0.29, 0.717) is 6.61 Å². The van der Waals surface area contributed by atoms with Gasteiger partial charge in [-0.25, -0.2) is 4.79 Å². The predicted molar refractivity (Wildman–Crippen MR) is 134 cm³/mol. The lowest BCUT2D eigenvalue weighted by atomic mass is 10.0. The first-order valence-corrected chi connectivity index (χ1v) is 13.1. The Kier molecular flexibility index (Phi) is 18.0. The molecule has 0 spiro atoms. The van der Waals surface area contributed by atoms with Crippen LogP contribution in [0.3, 0.4) is 0 Å². The summed E-state index contributed by atoms with van der Waals surface area (Å²) in [6, 6.07) is 9.84. The molecule has 0 aliphatic carbocycles. The van der Waals surface area contributed by atoms with E-state index in [4.69, 9.17) is 4.74 Å². The average Bonchev–Trinajstić information content (AvgIpc) is 2.80. The molecule has 2 nitrogen and oxygen atoms in total. The van der Waals surface area contributed by atoms with Crippen molar-refractivity contribution in [2.24, 2.45) is 0 Å². The fourth-order valence-corrected chi connectivity index (χ4v) is 3.93. The molecule has 1 rings (SSSR count). The van der Waals surface area contributed by atoms with Gasteiger partial charge in [-0.3, -0.25) is 0 Å². The molecule has 0 N–H and O–H groups in total. The molecule has 0 amide bonds. The summed E-state index contributed by atoms with van der Waals surface area (Å²) in [5, 5.41) is 0. The van der Waals surface area contributed by atoms with Gasteiger partial charge in [-0.1, -0.05) is 140 Å². The minimum Gasteiger partial charge on any atom is -0.457 e. The first-order valence-electron chi connectivity index (χ1n) is 13.1. The highest BCUT2D eigenvalue weighted by atomic mass is 16.5. The molecule has 1 aromatic rings. The van der Waals surface area contributed by atoms with E-state index < -0.39 is 0 Å². The van der Waals surface area contributed by atoms with Crippen LogP contribution in [0, 0.1) is 0 Å². The molecule has 0 fully saturated rings. The largest absolute Gasteiger partial charge is 0.457 e. The van der Waals surface area contributed by atoms with Crippen molar-refractivity contribution in [1.82, 2.24) is 0 Å². The van der Waals surface area contributed by atoms with E-state index in [0.717, 1.165) is 17.6 Å². The molecule has 0 radical (unpaired) electrons. The van der Waals surface area contributed by atoms with Crippen LogP contribution < -0.4 is 0 Å². The first-order chi connectivity index (χ1) is 15.2. The summed E-state index contributed by atoms with van der Waals surface area (Å²) in [6.45, 7) is 4.50. The Balaban J connectivity index is 1.85. The van der Waals surface area contributed by atoms with Crippen molar-refractivity contribution in [3.8, 4) is 0 Å². The maximum Gasteiger partial charge on any atom is 0.333 e. The van der Waals surface area contributed by atoms with Crippen molar-refractivity contribution in [2.45, 2.75) is 130 Å². The van der Waals surface area contributed by atoms with Crippen LogP contribution in [-0.2, 0) is 16.1 Å². The van der Waals surface area contributed by atoms with Crippen molar-refractivity contribution in [1.29, 1.82) is 0 Å². The first kappa shape index (κ1) is 27.5. The van der Waals surface area contributed by atoms with Crippen LogP contribution in [0.25, 0.3) is 0 Å². The van der Waals surface area contributed by atoms with Crippen LogP contribution >= 0.6 is 0 Å². The lowest BCUT2D eigenvalue weighted by Crippen LogP contribution is -2.05. The summed E-state index contributed by atoms with van der Waals surface area (Å²) >= 11 is 0. The van der Waals surface area contributed by atoms with Gasteiger partial charge in [-0.05, 0) is 25.3 Å². The number of carbonyl (C=O) groups is 1. The standard InChI is InChI=1S/C29H48O2/c1-3-4-5-6-7-8-9-10-11-12-13-14-15-16-17-18-20-23-27(2)29(30)31-26-28-24-21-19-22-25-28/h19,21-25H,3-18,20,26H2,1-2H3. The van der Waals surface area contributed by atoms with Crippen LogP contribution in [0.15, 0.2) is 42.0 Å². The second-order valence-corrected chi connectivity index (χ2v) is 9.04. The molecular formula is C29H48O2. The maximum atomic E-state index is 12.0. The third-order valence-electron chi connectivity index (χ3n) is 6.04. The number of ether oxygens (including phenoxy) is 1. The van der Waals surface area contributed by atoms with E-state index in [1.807, 2.05) is 43.3 Å². The molecule has 0 heterocycles. The Morgan fingerprint density at radius 2 is 1.16 bits per heavy atom. The van der Waals surface area contributed by atoms with Crippen LogP contribution in [-0.4, -0.2) is 5.97 Å². The quantitative estimate of drug-likeness (QED) is 0.117. The lowest BCUT2D eigenvalue weighted by molar-refractivity contribution is -0.140. The second-order valence-electron chi connectivity index (χ2n) is 9.04. The van der Waals surface area contributed by atoms with Crippen molar-refractivity contribution >= 4 is 5.97 Å². The molecular weight excluding hydrogens is 380 g/mol. The van der Waals surface area contributed by atoms with Crippen LogP contribution in [0.2, 0.25) is 0 Å². The maximum absolute atomic E-state index is 12.0. The smallest absolute Gasteiger partial charge is 0.333 e. The predicted octanol–water partition coefficient (Wildman–Crippen LogP) is 9.33. The average molecular weight is 429 g/mol. The van der Waals surface area contributed by atoms with E-state index in [1.54, 1.807) is 0 Å². The van der Waals surface area contributed by atoms with Crippen LogP contribution in [0.5, 0.6) is 0 Å². The minimum atomic E-state index is -0.194. The molecule has 2 heteroatoms. The van der Waals surface area contributed by atoms with Crippen LogP contribution in [0.1, 0.15) is 129 Å². The van der Waals surface area contributed by atoms with Crippen molar-refractivity contribution in [3.05, 3.63) is 47.5 Å². The zero-order valence-corrected chi connectivity index (χ0v) is 20.5. The molecule has 0 saturated carbocycles. The van der Waals surface area contributed by atoms with Gasteiger partial charge in [0.15, 0.2) is 0 Å². The molecule has 0 aliphatic rings. The van der Waals surface area contributed by atoms with Crippen LogP contribution in [0.4, 0.5) is 0 Å².